The zero-order valence-corrected chi connectivity index (χ0v) is 13.5. The van der Waals surface area contributed by atoms with E-state index in [9.17, 15) is 18.0 Å². The van der Waals surface area contributed by atoms with Crippen molar-refractivity contribution in [2.24, 2.45) is 0 Å². The third-order valence-corrected chi connectivity index (χ3v) is 3.55. The van der Waals surface area contributed by atoms with Gasteiger partial charge in [-0.05, 0) is 48.9 Å². The van der Waals surface area contributed by atoms with Crippen LogP contribution in [0, 0.1) is 0 Å². The molecule has 7 heteroatoms. The molecule has 3 nitrogen and oxygen atoms in total. The van der Waals surface area contributed by atoms with Gasteiger partial charge >= 0.3 is 6.18 Å². The molecule has 0 radical (unpaired) electrons. The summed E-state index contributed by atoms with van der Waals surface area (Å²) < 4.78 is 42.5. The van der Waals surface area contributed by atoms with E-state index in [4.69, 9.17) is 16.3 Å². The number of halogens is 4. The molecule has 1 N–H and O–H groups in total. The number of amides is 1. The van der Waals surface area contributed by atoms with E-state index in [-0.39, 0.29) is 24.3 Å². The Balaban J connectivity index is 1.85. The van der Waals surface area contributed by atoms with Crippen LogP contribution in [0.1, 0.15) is 24.1 Å². The van der Waals surface area contributed by atoms with Crippen LogP contribution in [-0.2, 0) is 11.0 Å². The summed E-state index contributed by atoms with van der Waals surface area (Å²) in [4.78, 5) is 11.9. The van der Waals surface area contributed by atoms with E-state index < -0.39 is 11.7 Å². The minimum atomic E-state index is -4.40. The fraction of sp³-hybridized carbons (Fsp3) is 0.235. The topological polar surface area (TPSA) is 38.3 Å². The van der Waals surface area contributed by atoms with Gasteiger partial charge in [0.2, 0.25) is 0 Å². The van der Waals surface area contributed by atoms with Crippen LogP contribution in [-0.4, -0.2) is 12.5 Å². The van der Waals surface area contributed by atoms with Gasteiger partial charge in [0.25, 0.3) is 5.91 Å². The molecule has 0 heterocycles. The first kappa shape index (κ1) is 18.1. The monoisotopic (exact) mass is 357 g/mol. The molecular formula is C17H15ClF3NO2. The number of hydrogen-bond donors (Lipinski definition) is 1. The van der Waals surface area contributed by atoms with E-state index >= 15 is 0 Å². The number of benzene rings is 2. The van der Waals surface area contributed by atoms with Crippen LogP contribution in [0.5, 0.6) is 5.75 Å². The highest BCUT2D eigenvalue weighted by atomic mass is 35.5. The van der Waals surface area contributed by atoms with Crippen LogP contribution in [0.4, 0.5) is 13.2 Å². The third-order valence-electron chi connectivity index (χ3n) is 3.30. The number of alkyl halides is 3. The van der Waals surface area contributed by atoms with Crippen molar-refractivity contribution in [3.63, 3.8) is 0 Å². The Labute approximate surface area is 142 Å². The van der Waals surface area contributed by atoms with Gasteiger partial charge < -0.3 is 10.1 Å². The first-order valence-electron chi connectivity index (χ1n) is 7.10. The number of rotatable bonds is 5. The molecule has 128 valence electrons. The maximum atomic E-state index is 12.5. The van der Waals surface area contributed by atoms with Gasteiger partial charge in [0.1, 0.15) is 5.75 Å². The van der Waals surface area contributed by atoms with Crippen LogP contribution in [0.15, 0.2) is 48.5 Å². The van der Waals surface area contributed by atoms with Crippen LogP contribution < -0.4 is 10.1 Å². The molecule has 1 amide bonds. The lowest BCUT2D eigenvalue weighted by atomic mass is 10.1. The smallest absolute Gasteiger partial charge is 0.416 e. The molecule has 0 aromatic heterocycles. The van der Waals surface area contributed by atoms with Gasteiger partial charge in [0.05, 0.1) is 11.6 Å². The minimum Gasteiger partial charge on any atom is -0.484 e. The highest BCUT2D eigenvalue weighted by Gasteiger charge is 2.30. The Morgan fingerprint density at radius 3 is 2.25 bits per heavy atom. The van der Waals surface area contributed by atoms with Crippen molar-refractivity contribution < 1.29 is 22.7 Å². The van der Waals surface area contributed by atoms with Crippen molar-refractivity contribution in [3.05, 3.63) is 64.7 Å². The molecular weight excluding hydrogens is 343 g/mol. The molecule has 0 aliphatic carbocycles. The maximum Gasteiger partial charge on any atom is 0.416 e. The van der Waals surface area contributed by atoms with Crippen LogP contribution >= 0.6 is 11.6 Å². The number of carbonyl (C=O) groups excluding carboxylic acids is 1. The van der Waals surface area contributed by atoms with Gasteiger partial charge in [-0.2, -0.15) is 13.2 Å². The van der Waals surface area contributed by atoms with Crippen molar-refractivity contribution in [2.75, 3.05) is 6.61 Å². The zero-order valence-electron chi connectivity index (χ0n) is 12.7. The lowest BCUT2D eigenvalue weighted by molar-refractivity contribution is -0.137. The predicted molar refractivity (Wildman–Crippen MR) is 84.9 cm³/mol. The summed E-state index contributed by atoms with van der Waals surface area (Å²) in [5.74, 6) is -0.186. The fourth-order valence-electron chi connectivity index (χ4n) is 2.01. The average molecular weight is 358 g/mol. The largest absolute Gasteiger partial charge is 0.484 e. The SMILES string of the molecule is C[C@H](NC(=O)COc1ccc(C(F)(F)F)cc1)c1ccc(Cl)cc1. The van der Waals surface area contributed by atoms with Gasteiger partial charge in [-0.25, -0.2) is 0 Å². The summed E-state index contributed by atoms with van der Waals surface area (Å²) in [6, 6.07) is 11.0. The minimum absolute atomic E-state index is 0.192. The number of hydrogen-bond acceptors (Lipinski definition) is 2. The Morgan fingerprint density at radius 1 is 1.12 bits per heavy atom. The molecule has 0 saturated carbocycles. The molecule has 0 bridgehead atoms. The van der Waals surface area contributed by atoms with Gasteiger partial charge in [0.15, 0.2) is 6.61 Å². The first-order valence-corrected chi connectivity index (χ1v) is 7.48. The Bertz CT molecular complexity index is 684. The molecule has 0 saturated heterocycles. The van der Waals surface area contributed by atoms with E-state index in [1.54, 1.807) is 31.2 Å². The second-order valence-corrected chi connectivity index (χ2v) is 5.59. The number of ether oxygens (including phenoxy) is 1. The molecule has 2 aromatic rings. The average Bonchev–Trinajstić information content (AvgIpc) is 2.53. The molecule has 2 aromatic carbocycles. The van der Waals surface area contributed by atoms with Gasteiger partial charge in [-0.3, -0.25) is 4.79 Å². The molecule has 0 aliphatic heterocycles. The van der Waals surface area contributed by atoms with Crippen molar-refractivity contribution in [2.45, 2.75) is 19.1 Å². The van der Waals surface area contributed by atoms with Crippen molar-refractivity contribution in [1.82, 2.24) is 5.32 Å². The third kappa shape index (κ3) is 5.16. The first-order chi connectivity index (χ1) is 11.3. The maximum absolute atomic E-state index is 12.5. The van der Waals surface area contributed by atoms with E-state index in [1.807, 2.05) is 0 Å². The molecule has 0 unspecified atom stereocenters. The summed E-state index contributed by atoms with van der Waals surface area (Å²) in [6.07, 6.45) is -4.40. The van der Waals surface area contributed by atoms with Crippen molar-refractivity contribution in [3.8, 4) is 5.75 Å². The zero-order chi connectivity index (χ0) is 17.7. The van der Waals surface area contributed by atoms with E-state index in [0.717, 1.165) is 17.7 Å². The molecule has 0 spiro atoms. The second kappa shape index (κ2) is 7.57. The molecule has 24 heavy (non-hydrogen) atoms. The van der Waals surface area contributed by atoms with Crippen LogP contribution in [0.2, 0.25) is 5.02 Å². The van der Waals surface area contributed by atoms with Crippen LogP contribution in [0.25, 0.3) is 0 Å². The summed E-state index contributed by atoms with van der Waals surface area (Å²) in [5.41, 5.74) is 0.109. The molecule has 0 fully saturated rings. The Hall–Kier alpha value is -2.21. The molecule has 0 aliphatic rings. The van der Waals surface area contributed by atoms with E-state index in [2.05, 4.69) is 5.32 Å². The fourth-order valence-corrected chi connectivity index (χ4v) is 2.13. The quantitative estimate of drug-likeness (QED) is 0.848. The lowest BCUT2D eigenvalue weighted by Gasteiger charge is -2.15. The normalized spacial score (nSPS) is 12.5. The molecule has 1 atom stereocenters. The predicted octanol–water partition coefficient (Wildman–Crippen LogP) is 4.62. The summed E-state index contributed by atoms with van der Waals surface area (Å²) in [5, 5.41) is 3.33. The van der Waals surface area contributed by atoms with E-state index in [0.29, 0.717) is 5.02 Å². The standard InChI is InChI=1S/C17H15ClF3NO2/c1-11(12-2-6-14(18)7-3-12)22-16(23)10-24-15-8-4-13(5-9-15)17(19,20)21/h2-9,11H,10H2,1H3,(H,22,23)/t11-/m0/s1. The highest BCUT2D eigenvalue weighted by molar-refractivity contribution is 6.30. The second-order valence-electron chi connectivity index (χ2n) is 5.15. The van der Waals surface area contributed by atoms with Gasteiger partial charge in [-0.15, -0.1) is 0 Å². The Morgan fingerprint density at radius 2 is 1.71 bits per heavy atom. The summed E-state index contributed by atoms with van der Waals surface area (Å²) >= 11 is 5.80. The van der Waals surface area contributed by atoms with Crippen LogP contribution in [0.3, 0.4) is 0 Å². The summed E-state index contributed by atoms with van der Waals surface area (Å²) in [7, 11) is 0. The Kier molecular flexibility index (Phi) is 5.72. The van der Waals surface area contributed by atoms with Crippen molar-refractivity contribution in [1.29, 1.82) is 0 Å². The highest BCUT2D eigenvalue weighted by Crippen LogP contribution is 2.30. The number of carbonyl (C=O) groups is 1. The lowest BCUT2D eigenvalue weighted by Crippen LogP contribution is -2.31. The van der Waals surface area contributed by atoms with E-state index in [1.165, 1.54) is 12.1 Å². The van der Waals surface area contributed by atoms with Gasteiger partial charge in [-0.1, -0.05) is 23.7 Å². The molecule has 2 rings (SSSR count). The number of nitrogens with one attached hydrogen (secondary N) is 1. The van der Waals surface area contributed by atoms with Gasteiger partial charge in [0, 0.05) is 5.02 Å². The summed E-state index contributed by atoms with van der Waals surface area (Å²) in [6.45, 7) is 1.52. The van der Waals surface area contributed by atoms with Crippen molar-refractivity contribution >= 4 is 17.5 Å².